The van der Waals surface area contributed by atoms with Crippen molar-refractivity contribution in [3.63, 3.8) is 0 Å². The Labute approximate surface area is 98.5 Å². The average molecular weight is 253 g/mol. The number of nitrogens with zero attached hydrogens (tertiary/aromatic N) is 1. The van der Waals surface area contributed by atoms with E-state index in [1.54, 1.807) is 0 Å². The lowest BCUT2D eigenvalue weighted by atomic mass is 9.90. The summed E-state index contributed by atoms with van der Waals surface area (Å²) in [5.41, 5.74) is -0.0926. The molecule has 16 heavy (non-hydrogen) atoms. The third-order valence-electron chi connectivity index (χ3n) is 2.56. The van der Waals surface area contributed by atoms with Crippen LogP contribution in [0.25, 0.3) is 0 Å². The number of rotatable bonds is 5. The van der Waals surface area contributed by atoms with Gasteiger partial charge in [-0.3, -0.25) is 0 Å². The number of aliphatic hydroxyl groups excluding tert-OH is 1. The highest BCUT2D eigenvalue weighted by molar-refractivity contribution is 7.88. The van der Waals surface area contributed by atoms with Crippen LogP contribution in [0.3, 0.4) is 0 Å². The Hall–Kier alpha value is -0.170. The third-order valence-corrected chi connectivity index (χ3v) is 3.84. The first-order valence-corrected chi connectivity index (χ1v) is 7.04. The highest BCUT2D eigenvalue weighted by Gasteiger charge is 2.25. The summed E-state index contributed by atoms with van der Waals surface area (Å²) in [6, 6.07) is 0. The van der Waals surface area contributed by atoms with E-state index in [-0.39, 0.29) is 18.1 Å². The fourth-order valence-electron chi connectivity index (χ4n) is 0.838. The van der Waals surface area contributed by atoms with Crippen LogP contribution in [-0.4, -0.2) is 50.1 Å². The van der Waals surface area contributed by atoms with E-state index in [1.165, 1.54) is 7.05 Å². The third kappa shape index (κ3) is 5.79. The Morgan fingerprint density at radius 3 is 2.12 bits per heavy atom. The second-order valence-electron chi connectivity index (χ2n) is 5.14. The van der Waals surface area contributed by atoms with E-state index in [9.17, 15) is 13.5 Å². The summed E-state index contributed by atoms with van der Waals surface area (Å²) < 4.78 is 28.6. The predicted octanol–water partition coefficient (Wildman–Crippen LogP) is 0.647. The summed E-state index contributed by atoms with van der Waals surface area (Å²) in [4.78, 5) is 0. The summed E-state index contributed by atoms with van der Waals surface area (Å²) in [5, 5.41) is 9.59. The van der Waals surface area contributed by atoms with Crippen LogP contribution >= 0.6 is 0 Å². The zero-order valence-corrected chi connectivity index (χ0v) is 11.7. The molecule has 0 amide bonds. The van der Waals surface area contributed by atoms with Crippen molar-refractivity contribution < 1.29 is 18.3 Å². The lowest BCUT2D eigenvalue weighted by Crippen LogP contribution is -2.39. The molecular weight excluding hydrogens is 230 g/mol. The Balaban J connectivity index is 4.25. The van der Waals surface area contributed by atoms with Crippen LogP contribution in [0.5, 0.6) is 0 Å². The van der Waals surface area contributed by atoms with Gasteiger partial charge in [-0.1, -0.05) is 20.8 Å². The second kappa shape index (κ2) is 5.44. The van der Waals surface area contributed by atoms with Crippen LogP contribution < -0.4 is 0 Å². The topological polar surface area (TPSA) is 66.8 Å². The number of hydrogen-bond donors (Lipinski definition) is 1. The van der Waals surface area contributed by atoms with E-state index < -0.39 is 16.3 Å². The molecule has 2 unspecified atom stereocenters. The minimum atomic E-state index is -3.28. The maximum atomic E-state index is 11.1. The van der Waals surface area contributed by atoms with Crippen molar-refractivity contribution >= 4 is 10.0 Å². The number of aliphatic hydroxyl groups is 1. The molecule has 0 aliphatic heterocycles. The fourth-order valence-corrected chi connectivity index (χ4v) is 1.24. The largest absolute Gasteiger partial charge is 0.367 e. The van der Waals surface area contributed by atoms with Gasteiger partial charge in [0.05, 0.1) is 18.9 Å². The van der Waals surface area contributed by atoms with Gasteiger partial charge in [0.2, 0.25) is 10.0 Å². The van der Waals surface area contributed by atoms with Gasteiger partial charge in [-0.15, -0.1) is 0 Å². The minimum Gasteiger partial charge on any atom is -0.367 e. The quantitative estimate of drug-likeness (QED) is 0.730. The smallest absolute Gasteiger partial charge is 0.211 e. The van der Waals surface area contributed by atoms with Crippen LogP contribution in [0, 0.1) is 5.41 Å². The number of likely N-dealkylation sites (N-methyl/N-ethyl adjacent to an activating group) is 1. The second-order valence-corrected chi connectivity index (χ2v) is 7.23. The van der Waals surface area contributed by atoms with Crippen LogP contribution in [0.15, 0.2) is 0 Å². The first-order chi connectivity index (χ1) is 6.94. The van der Waals surface area contributed by atoms with Gasteiger partial charge in [-0.2, -0.15) is 0 Å². The molecule has 0 aliphatic rings. The molecule has 0 saturated heterocycles. The molecule has 5 nitrogen and oxygen atoms in total. The van der Waals surface area contributed by atoms with Gasteiger partial charge in [0.15, 0.2) is 6.29 Å². The summed E-state index contributed by atoms with van der Waals surface area (Å²) in [5.74, 6) is 0. The highest BCUT2D eigenvalue weighted by Crippen LogP contribution is 2.22. The Kier molecular flexibility index (Phi) is 5.38. The van der Waals surface area contributed by atoms with E-state index in [0.29, 0.717) is 0 Å². The minimum absolute atomic E-state index is 0.0563. The molecule has 0 bridgehead atoms. The molecule has 98 valence electrons. The first kappa shape index (κ1) is 15.8. The number of ether oxygens (including phenoxy) is 1. The summed E-state index contributed by atoms with van der Waals surface area (Å²) in [6.07, 6.45) is -0.170. The zero-order valence-electron chi connectivity index (χ0n) is 10.9. The monoisotopic (exact) mass is 253 g/mol. The standard InChI is InChI=1S/C10H23NO4S/c1-8(10(2,3)4)15-9(12)7-11(5)16(6,13)14/h8-9,12H,7H2,1-6H3. The molecule has 0 spiro atoms. The van der Waals surface area contributed by atoms with Crippen LogP contribution in [0.2, 0.25) is 0 Å². The molecular formula is C10H23NO4S. The van der Waals surface area contributed by atoms with Crippen molar-refractivity contribution in [1.82, 2.24) is 4.31 Å². The molecule has 6 heteroatoms. The Morgan fingerprint density at radius 2 is 1.81 bits per heavy atom. The zero-order chi connectivity index (χ0) is 13.1. The van der Waals surface area contributed by atoms with Gasteiger partial charge in [0.1, 0.15) is 0 Å². The first-order valence-electron chi connectivity index (χ1n) is 5.19. The van der Waals surface area contributed by atoms with E-state index in [4.69, 9.17) is 4.74 Å². The van der Waals surface area contributed by atoms with Crippen molar-refractivity contribution in [3.8, 4) is 0 Å². The lowest BCUT2D eigenvalue weighted by Gasteiger charge is -2.30. The van der Waals surface area contributed by atoms with Crippen LogP contribution in [0.1, 0.15) is 27.7 Å². The van der Waals surface area contributed by atoms with Crippen molar-refractivity contribution in [2.24, 2.45) is 5.41 Å². The van der Waals surface area contributed by atoms with Gasteiger partial charge < -0.3 is 9.84 Å². The molecule has 0 aromatic rings. The molecule has 0 rings (SSSR count). The van der Waals surface area contributed by atoms with Gasteiger partial charge in [0.25, 0.3) is 0 Å². The predicted molar refractivity (Wildman–Crippen MR) is 63.5 cm³/mol. The maximum absolute atomic E-state index is 11.1. The van der Waals surface area contributed by atoms with Crippen LogP contribution in [-0.2, 0) is 14.8 Å². The van der Waals surface area contributed by atoms with Crippen LogP contribution in [0.4, 0.5) is 0 Å². The van der Waals surface area contributed by atoms with Crippen molar-refractivity contribution in [1.29, 1.82) is 0 Å². The van der Waals surface area contributed by atoms with Crippen molar-refractivity contribution in [2.75, 3.05) is 19.8 Å². The van der Waals surface area contributed by atoms with Crippen molar-refractivity contribution in [3.05, 3.63) is 0 Å². The molecule has 2 atom stereocenters. The van der Waals surface area contributed by atoms with Crippen molar-refractivity contribution in [2.45, 2.75) is 40.1 Å². The van der Waals surface area contributed by atoms with E-state index >= 15 is 0 Å². The van der Waals surface area contributed by atoms with Gasteiger partial charge in [-0.25, -0.2) is 12.7 Å². The summed E-state index contributed by atoms with van der Waals surface area (Å²) >= 11 is 0. The Bertz CT molecular complexity index is 307. The Morgan fingerprint density at radius 1 is 1.38 bits per heavy atom. The van der Waals surface area contributed by atoms with E-state index in [0.717, 1.165) is 10.6 Å². The molecule has 0 aromatic heterocycles. The highest BCUT2D eigenvalue weighted by atomic mass is 32.2. The molecule has 0 saturated carbocycles. The normalized spacial score (nSPS) is 17.5. The maximum Gasteiger partial charge on any atom is 0.211 e. The summed E-state index contributed by atoms with van der Waals surface area (Å²) in [6.45, 7) is 7.77. The average Bonchev–Trinajstić information content (AvgIpc) is 1.99. The van der Waals surface area contributed by atoms with E-state index in [1.807, 2.05) is 27.7 Å². The van der Waals surface area contributed by atoms with Gasteiger partial charge in [-0.05, 0) is 12.3 Å². The molecule has 0 aromatic carbocycles. The molecule has 0 heterocycles. The van der Waals surface area contributed by atoms with E-state index in [2.05, 4.69) is 0 Å². The summed E-state index contributed by atoms with van der Waals surface area (Å²) in [7, 11) is -1.87. The number of hydrogen-bond acceptors (Lipinski definition) is 4. The van der Waals surface area contributed by atoms with Gasteiger partial charge >= 0.3 is 0 Å². The molecule has 0 radical (unpaired) electrons. The van der Waals surface area contributed by atoms with Gasteiger partial charge in [0, 0.05) is 7.05 Å². The molecule has 0 fully saturated rings. The fraction of sp³-hybridized carbons (Fsp3) is 1.00. The SMILES string of the molecule is CC(OC(O)CN(C)S(C)(=O)=O)C(C)(C)C. The lowest BCUT2D eigenvalue weighted by molar-refractivity contribution is -0.159. The molecule has 0 aliphatic carbocycles. The number of sulfonamides is 1. The molecule has 1 N–H and O–H groups in total.